The molecular formula is C65H129N2O7P. The summed E-state index contributed by atoms with van der Waals surface area (Å²) in [6, 6.07) is -0.879. The first-order valence-electron chi connectivity index (χ1n) is 33.0. The third kappa shape index (κ3) is 57.3. The number of nitrogens with one attached hydrogen (secondary N) is 1. The van der Waals surface area contributed by atoms with Gasteiger partial charge in [-0.3, -0.25) is 14.2 Å². The zero-order valence-electron chi connectivity index (χ0n) is 51.0. The number of likely N-dealkylation sites (N-methyl/N-ethyl adjacent to an activating group) is 1. The van der Waals surface area contributed by atoms with Gasteiger partial charge < -0.3 is 28.5 Å². The van der Waals surface area contributed by atoms with Crippen molar-refractivity contribution in [2.75, 3.05) is 40.9 Å². The molecule has 0 saturated heterocycles. The number of allylic oxidation sites excluding steroid dienone is 1. The second-order valence-electron chi connectivity index (χ2n) is 24.0. The number of hydrogen-bond donors (Lipinski definition) is 1. The molecule has 0 spiro atoms. The van der Waals surface area contributed by atoms with Crippen molar-refractivity contribution in [2.24, 2.45) is 0 Å². The number of phosphoric ester groups is 1. The van der Waals surface area contributed by atoms with Gasteiger partial charge in [-0.2, -0.15) is 0 Å². The first-order valence-corrected chi connectivity index (χ1v) is 34.5. The van der Waals surface area contributed by atoms with Gasteiger partial charge in [-0.05, 0) is 31.8 Å². The van der Waals surface area contributed by atoms with Crippen molar-refractivity contribution in [3.05, 3.63) is 12.2 Å². The molecule has 0 heterocycles. The molecule has 1 amide bonds. The van der Waals surface area contributed by atoms with E-state index in [1.54, 1.807) is 0 Å². The molecule has 0 bridgehead atoms. The van der Waals surface area contributed by atoms with Crippen molar-refractivity contribution in [1.82, 2.24) is 5.32 Å². The van der Waals surface area contributed by atoms with Crippen LogP contribution in [0.25, 0.3) is 0 Å². The summed E-state index contributed by atoms with van der Waals surface area (Å²) in [5.41, 5.74) is 0. The first kappa shape index (κ1) is 73.8. The molecular weight excluding hydrogens is 952 g/mol. The van der Waals surface area contributed by atoms with Crippen LogP contribution < -0.4 is 10.2 Å². The Labute approximate surface area is 467 Å². The fourth-order valence-corrected chi connectivity index (χ4v) is 10.8. The summed E-state index contributed by atoms with van der Waals surface area (Å²) in [6.07, 6.45) is 64.6. The topological polar surface area (TPSA) is 114 Å². The van der Waals surface area contributed by atoms with Gasteiger partial charge in [0.2, 0.25) is 5.91 Å². The first-order chi connectivity index (χ1) is 36.4. The van der Waals surface area contributed by atoms with Gasteiger partial charge in [-0.15, -0.1) is 0 Å². The van der Waals surface area contributed by atoms with Crippen LogP contribution in [0.5, 0.6) is 0 Å². The van der Waals surface area contributed by atoms with Crippen molar-refractivity contribution in [2.45, 2.75) is 354 Å². The van der Waals surface area contributed by atoms with E-state index in [2.05, 4.69) is 26.1 Å². The highest BCUT2D eigenvalue weighted by Crippen LogP contribution is 2.38. The molecule has 0 fully saturated rings. The molecule has 446 valence electrons. The predicted molar refractivity (Wildman–Crippen MR) is 321 cm³/mol. The Bertz CT molecular complexity index is 1290. The van der Waals surface area contributed by atoms with E-state index < -0.39 is 20.0 Å². The standard InChI is InChI=1S/C65H129N2O7P/c1-7-10-13-16-19-22-25-28-30-31-32-33-34-35-37-39-42-45-48-51-54-57-64(68)66-62(61-73-75(70,71)72-60-59-67(4,5)6)63(56-53-50-47-44-41-38-27-24-21-18-15-12-9-3)74-65(69)58-55-52-49-46-43-40-36-29-26-23-20-17-14-11-8-2/h53,56,62-63H,7-52,54-55,57-61H2,1-6H3,(H-,66,68,70,71)/b56-53+. The fourth-order valence-electron chi connectivity index (χ4n) is 10.1. The minimum Gasteiger partial charge on any atom is -0.756 e. The van der Waals surface area contributed by atoms with Gasteiger partial charge in [-0.1, -0.05) is 309 Å². The number of unbranched alkanes of at least 4 members (excludes halogenated alkanes) is 45. The van der Waals surface area contributed by atoms with Crippen molar-refractivity contribution >= 4 is 19.7 Å². The summed E-state index contributed by atoms with van der Waals surface area (Å²) in [5.74, 6) is -0.516. The molecule has 0 aliphatic rings. The highest BCUT2D eigenvalue weighted by atomic mass is 31.2. The number of rotatable bonds is 61. The molecule has 9 nitrogen and oxygen atoms in total. The van der Waals surface area contributed by atoms with E-state index in [0.29, 0.717) is 17.4 Å². The molecule has 0 rings (SSSR count). The fraction of sp³-hybridized carbons (Fsp3) is 0.938. The zero-order valence-corrected chi connectivity index (χ0v) is 51.9. The van der Waals surface area contributed by atoms with Crippen LogP contribution in [0.3, 0.4) is 0 Å². The van der Waals surface area contributed by atoms with Gasteiger partial charge in [0.05, 0.1) is 33.8 Å². The highest BCUT2D eigenvalue weighted by molar-refractivity contribution is 7.45. The molecule has 0 aliphatic carbocycles. The average molecular weight is 1080 g/mol. The number of nitrogens with zero attached hydrogens (tertiary/aromatic N) is 1. The summed E-state index contributed by atoms with van der Waals surface area (Å²) >= 11 is 0. The van der Waals surface area contributed by atoms with Crippen molar-refractivity contribution in [3.63, 3.8) is 0 Å². The smallest absolute Gasteiger partial charge is 0.306 e. The number of phosphoric acid groups is 1. The lowest BCUT2D eigenvalue weighted by molar-refractivity contribution is -0.870. The number of carbonyl (C=O) groups excluding carboxylic acids is 2. The highest BCUT2D eigenvalue weighted by Gasteiger charge is 2.27. The Morgan fingerprint density at radius 1 is 0.453 bits per heavy atom. The van der Waals surface area contributed by atoms with E-state index in [1.165, 1.54) is 250 Å². The SMILES string of the molecule is CCCCCCCCCCCCC/C=C/C(OC(=O)CCCCCCCCCCCCCCCCC)C(COP(=O)([O-])OCC[N+](C)(C)C)NC(=O)CCCCCCCCCCCCCCCCCCCCCCC. The molecule has 0 aromatic heterocycles. The van der Waals surface area contributed by atoms with Gasteiger partial charge in [0.1, 0.15) is 19.3 Å². The Hall–Kier alpha value is -1.25. The maximum absolute atomic E-state index is 13.6. The number of carbonyl (C=O) groups is 2. The van der Waals surface area contributed by atoms with Crippen LogP contribution in [0.1, 0.15) is 342 Å². The third-order valence-corrected chi connectivity index (χ3v) is 16.2. The summed E-state index contributed by atoms with van der Waals surface area (Å²) in [7, 11) is 1.21. The Morgan fingerprint density at radius 2 is 0.760 bits per heavy atom. The van der Waals surface area contributed by atoms with Gasteiger partial charge in [0.15, 0.2) is 0 Å². The van der Waals surface area contributed by atoms with E-state index in [9.17, 15) is 19.0 Å². The second kappa shape index (κ2) is 56.0. The number of esters is 1. The zero-order chi connectivity index (χ0) is 55.0. The molecule has 0 radical (unpaired) electrons. The largest absolute Gasteiger partial charge is 0.756 e. The van der Waals surface area contributed by atoms with Crippen molar-refractivity contribution in [1.29, 1.82) is 0 Å². The van der Waals surface area contributed by atoms with Crippen molar-refractivity contribution in [3.8, 4) is 0 Å². The van der Waals surface area contributed by atoms with Gasteiger partial charge >= 0.3 is 5.97 Å². The lowest BCUT2D eigenvalue weighted by Crippen LogP contribution is -2.47. The van der Waals surface area contributed by atoms with Crippen LogP contribution in [0, 0.1) is 0 Å². The van der Waals surface area contributed by atoms with E-state index in [0.717, 1.165) is 57.8 Å². The minimum absolute atomic E-state index is 0.0166. The van der Waals surface area contributed by atoms with Crippen LogP contribution >= 0.6 is 7.82 Å². The molecule has 0 aromatic rings. The maximum Gasteiger partial charge on any atom is 0.306 e. The molecule has 0 aromatic carbocycles. The molecule has 75 heavy (non-hydrogen) atoms. The summed E-state index contributed by atoms with van der Waals surface area (Å²) in [4.78, 5) is 40.0. The minimum atomic E-state index is -4.69. The lowest BCUT2D eigenvalue weighted by atomic mass is 10.0. The second-order valence-corrected chi connectivity index (χ2v) is 25.4. The van der Waals surface area contributed by atoms with E-state index in [4.69, 9.17) is 13.8 Å². The summed E-state index contributed by atoms with van der Waals surface area (Å²) in [5, 5.41) is 3.05. The summed E-state index contributed by atoms with van der Waals surface area (Å²) in [6.45, 7) is 6.91. The molecule has 1 N–H and O–H groups in total. The van der Waals surface area contributed by atoms with Crippen LogP contribution in [0.2, 0.25) is 0 Å². The van der Waals surface area contributed by atoms with Crippen molar-refractivity contribution < 1.29 is 37.3 Å². The number of ether oxygens (including phenoxy) is 1. The van der Waals surface area contributed by atoms with Crippen LogP contribution in [-0.4, -0.2) is 69.4 Å². The van der Waals surface area contributed by atoms with Crippen LogP contribution in [0.4, 0.5) is 0 Å². The molecule has 0 aliphatic heterocycles. The Morgan fingerprint density at radius 3 is 1.09 bits per heavy atom. The lowest BCUT2D eigenvalue weighted by Gasteiger charge is -2.30. The average Bonchev–Trinajstić information content (AvgIpc) is 3.37. The third-order valence-electron chi connectivity index (χ3n) is 15.2. The number of amides is 1. The molecule has 0 saturated carbocycles. The van der Waals surface area contributed by atoms with E-state index in [-0.39, 0.29) is 31.5 Å². The van der Waals surface area contributed by atoms with E-state index >= 15 is 0 Å². The molecule has 3 unspecified atom stereocenters. The quantitative estimate of drug-likeness (QED) is 0.0212. The van der Waals surface area contributed by atoms with Gasteiger partial charge in [0.25, 0.3) is 7.82 Å². The molecule has 10 heteroatoms. The number of hydrogen-bond acceptors (Lipinski definition) is 7. The predicted octanol–water partition coefficient (Wildman–Crippen LogP) is 19.7. The molecule has 3 atom stereocenters. The maximum atomic E-state index is 13.6. The van der Waals surface area contributed by atoms with Crippen LogP contribution in [0.15, 0.2) is 12.2 Å². The Kier molecular flexibility index (Phi) is 55.1. The normalized spacial score (nSPS) is 13.6. The van der Waals surface area contributed by atoms with Gasteiger partial charge in [0, 0.05) is 12.8 Å². The monoisotopic (exact) mass is 1080 g/mol. The van der Waals surface area contributed by atoms with Gasteiger partial charge in [-0.25, -0.2) is 0 Å². The van der Waals surface area contributed by atoms with E-state index in [1.807, 2.05) is 33.3 Å². The Balaban J connectivity index is 5.15. The number of quaternary nitrogens is 1. The summed E-state index contributed by atoms with van der Waals surface area (Å²) < 4.78 is 30.4. The van der Waals surface area contributed by atoms with Crippen LogP contribution in [-0.2, 0) is 27.9 Å².